The molecule has 0 saturated heterocycles. The topological polar surface area (TPSA) is 83.8 Å². The number of H-pyrrole nitrogens is 1. The fourth-order valence-corrected chi connectivity index (χ4v) is 1.44. The first-order valence-electron chi connectivity index (χ1n) is 4.92. The van der Waals surface area contributed by atoms with Gasteiger partial charge >= 0.3 is 0 Å². The van der Waals surface area contributed by atoms with Crippen LogP contribution in [0.3, 0.4) is 0 Å². The second-order valence-electron chi connectivity index (χ2n) is 3.47. The van der Waals surface area contributed by atoms with Crippen molar-refractivity contribution in [2.24, 2.45) is 0 Å². The van der Waals surface area contributed by atoms with Gasteiger partial charge in [-0.25, -0.2) is 13.8 Å². The normalized spacial score (nSPS) is 10.3. The van der Waals surface area contributed by atoms with Crippen molar-refractivity contribution in [1.82, 2.24) is 9.97 Å². The number of hydrogen-bond donors (Lipinski definition) is 2. The van der Waals surface area contributed by atoms with Crippen LogP contribution in [0, 0.1) is 21.7 Å². The highest BCUT2D eigenvalue weighted by molar-refractivity contribution is 5.62. The third-order valence-corrected chi connectivity index (χ3v) is 2.24. The van der Waals surface area contributed by atoms with Crippen molar-refractivity contribution in [1.29, 1.82) is 0 Å². The zero-order chi connectivity index (χ0) is 13.1. The van der Waals surface area contributed by atoms with E-state index in [-0.39, 0.29) is 12.2 Å². The highest BCUT2D eigenvalue weighted by Gasteiger charge is 2.20. The summed E-state index contributed by atoms with van der Waals surface area (Å²) in [6.45, 7) is 0.114. The van der Waals surface area contributed by atoms with Crippen molar-refractivity contribution in [2.75, 3.05) is 5.32 Å². The van der Waals surface area contributed by atoms with Crippen molar-refractivity contribution < 1.29 is 13.7 Å². The predicted molar refractivity (Wildman–Crippen MR) is 58.9 cm³/mol. The molecule has 2 rings (SSSR count). The molecular formula is C10H8F2N4O2. The van der Waals surface area contributed by atoms with E-state index in [1.54, 1.807) is 0 Å². The van der Waals surface area contributed by atoms with Crippen molar-refractivity contribution in [3.63, 3.8) is 0 Å². The Morgan fingerprint density at radius 3 is 2.83 bits per heavy atom. The van der Waals surface area contributed by atoms with Crippen LogP contribution >= 0.6 is 0 Å². The number of nitrogens with one attached hydrogen (secondary N) is 2. The zero-order valence-electron chi connectivity index (χ0n) is 8.98. The van der Waals surface area contributed by atoms with E-state index in [4.69, 9.17) is 0 Å². The molecule has 0 aliphatic rings. The van der Waals surface area contributed by atoms with Crippen LogP contribution in [0.2, 0.25) is 0 Å². The fourth-order valence-electron chi connectivity index (χ4n) is 1.44. The second-order valence-corrected chi connectivity index (χ2v) is 3.47. The van der Waals surface area contributed by atoms with E-state index < -0.39 is 22.2 Å². The molecule has 0 amide bonds. The highest BCUT2D eigenvalue weighted by Crippen LogP contribution is 2.28. The first kappa shape index (κ1) is 12.0. The minimum atomic E-state index is -1.01. The monoisotopic (exact) mass is 254 g/mol. The van der Waals surface area contributed by atoms with Gasteiger partial charge in [0.2, 0.25) is 0 Å². The Morgan fingerprint density at radius 2 is 2.22 bits per heavy atom. The summed E-state index contributed by atoms with van der Waals surface area (Å²) in [5.41, 5.74) is -0.379. The summed E-state index contributed by atoms with van der Waals surface area (Å²) in [5, 5.41) is 13.2. The Labute approximate surface area is 99.8 Å². The lowest BCUT2D eigenvalue weighted by Gasteiger charge is -2.07. The Kier molecular flexibility index (Phi) is 3.18. The molecule has 18 heavy (non-hydrogen) atoms. The maximum absolute atomic E-state index is 13.5. The molecule has 0 fully saturated rings. The fraction of sp³-hybridized carbons (Fsp3) is 0.100. The van der Waals surface area contributed by atoms with Gasteiger partial charge in [-0.05, 0) is 0 Å². The van der Waals surface area contributed by atoms with E-state index in [0.29, 0.717) is 17.8 Å². The molecule has 2 N–H and O–H groups in total. The average molecular weight is 254 g/mol. The number of nitro groups is 1. The maximum Gasteiger partial charge on any atom is 0.298 e. The molecule has 2 aromatic rings. The Morgan fingerprint density at radius 1 is 1.44 bits per heavy atom. The van der Waals surface area contributed by atoms with Crippen LogP contribution in [0.1, 0.15) is 5.69 Å². The highest BCUT2D eigenvalue weighted by atomic mass is 19.1. The van der Waals surface area contributed by atoms with Gasteiger partial charge < -0.3 is 10.3 Å². The van der Waals surface area contributed by atoms with Gasteiger partial charge in [-0.15, -0.1) is 0 Å². The zero-order valence-corrected chi connectivity index (χ0v) is 8.98. The molecule has 1 aromatic heterocycles. The van der Waals surface area contributed by atoms with Gasteiger partial charge in [0.25, 0.3) is 5.69 Å². The SMILES string of the molecule is O=[N+]([O-])c1cc(F)cc(F)c1NCc1cnc[nH]1. The molecule has 8 heteroatoms. The third-order valence-electron chi connectivity index (χ3n) is 2.24. The molecule has 0 radical (unpaired) electrons. The standard InChI is InChI=1S/C10H8F2N4O2/c11-6-1-8(12)10(9(2-6)16(17)18)14-4-7-3-13-5-15-7/h1-3,5,14H,4H2,(H,13,15). The summed E-state index contributed by atoms with van der Waals surface area (Å²) in [5.74, 6) is -2.01. The van der Waals surface area contributed by atoms with Crippen molar-refractivity contribution in [3.8, 4) is 0 Å². The number of aromatic nitrogens is 2. The Bertz CT molecular complexity index is 572. The smallest absolute Gasteiger partial charge is 0.298 e. The molecular weight excluding hydrogens is 246 g/mol. The van der Waals surface area contributed by atoms with Gasteiger partial charge in [0.15, 0.2) is 5.82 Å². The molecule has 0 aliphatic heterocycles. The summed E-state index contributed by atoms with van der Waals surface area (Å²) in [4.78, 5) is 16.3. The number of hydrogen-bond acceptors (Lipinski definition) is 4. The second kappa shape index (κ2) is 4.78. The molecule has 0 atom stereocenters. The summed E-state index contributed by atoms with van der Waals surface area (Å²) in [6, 6.07) is 1.25. The number of imidazole rings is 1. The van der Waals surface area contributed by atoms with Gasteiger partial charge in [-0.2, -0.15) is 0 Å². The van der Waals surface area contributed by atoms with E-state index in [1.165, 1.54) is 12.5 Å². The van der Waals surface area contributed by atoms with Crippen molar-refractivity contribution in [3.05, 3.63) is 52.1 Å². The largest absolute Gasteiger partial charge is 0.371 e. The van der Waals surface area contributed by atoms with Gasteiger partial charge in [0.1, 0.15) is 11.5 Å². The summed E-state index contributed by atoms with van der Waals surface area (Å²) >= 11 is 0. The summed E-state index contributed by atoms with van der Waals surface area (Å²) < 4.78 is 26.4. The van der Waals surface area contributed by atoms with Crippen molar-refractivity contribution in [2.45, 2.75) is 6.54 Å². The number of halogens is 2. The molecule has 0 spiro atoms. The van der Waals surface area contributed by atoms with E-state index in [1.807, 2.05) is 0 Å². The summed E-state index contributed by atoms with van der Waals surface area (Å²) in [7, 11) is 0. The lowest BCUT2D eigenvalue weighted by atomic mass is 10.2. The number of nitrogens with zero attached hydrogens (tertiary/aromatic N) is 2. The lowest BCUT2D eigenvalue weighted by Crippen LogP contribution is -2.05. The number of anilines is 1. The minimum absolute atomic E-state index is 0.114. The molecule has 0 aliphatic carbocycles. The molecule has 1 heterocycles. The first-order chi connectivity index (χ1) is 8.58. The van der Waals surface area contributed by atoms with Crippen LogP contribution in [0.15, 0.2) is 24.7 Å². The van der Waals surface area contributed by atoms with Gasteiger partial charge in [-0.3, -0.25) is 10.1 Å². The van der Waals surface area contributed by atoms with E-state index in [2.05, 4.69) is 15.3 Å². The Balaban J connectivity index is 2.28. The number of benzene rings is 1. The molecule has 0 saturated carbocycles. The van der Waals surface area contributed by atoms with Crippen LogP contribution in [-0.2, 0) is 6.54 Å². The summed E-state index contributed by atoms with van der Waals surface area (Å²) in [6.07, 6.45) is 2.91. The first-order valence-corrected chi connectivity index (χ1v) is 4.92. The number of rotatable bonds is 4. The molecule has 0 unspecified atom stereocenters. The maximum atomic E-state index is 13.5. The quantitative estimate of drug-likeness (QED) is 0.647. The molecule has 6 nitrogen and oxygen atoms in total. The van der Waals surface area contributed by atoms with E-state index in [9.17, 15) is 18.9 Å². The molecule has 94 valence electrons. The van der Waals surface area contributed by atoms with Crippen molar-refractivity contribution >= 4 is 11.4 Å². The van der Waals surface area contributed by atoms with Crippen LogP contribution in [-0.4, -0.2) is 14.9 Å². The minimum Gasteiger partial charge on any atom is -0.371 e. The molecule has 0 bridgehead atoms. The predicted octanol–water partition coefficient (Wildman–Crippen LogP) is 2.21. The van der Waals surface area contributed by atoms with Crippen LogP contribution in [0.5, 0.6) is 0 Å². The van der Waals surface area contributed by atoms with E-state index in [0.717, 1.165) is 0 Å². The van der Waals surface area contributed by atoms with Gasteiger partial charge in [0, 0.05) is 12.3 Å². The van der Waals surface area contributed by atoms with E-state index >= 15 is 0 Å². The average Bonchev–Trinajstić information content (AvgIpc) is 2.79. The third kappa shape index (κ3) is 2.42. The van der Waals surface area contributed by atoms with Crippen LogP contribution in [0.4, 0.5) is 20.2 Å². The Hall–Kier alpha value is -2.51. The number of nitro benzene ring substituents is 1. The lowest BCUT2D eigenvalue weighted by molar-refractivity contribution is -0.384. The number of aromatic amines is 1. The van der Waals surface area contributed by atoms with Crippen LogP contribution in [0.25, 0.3) is 0 Å². The van der Waals surface area contributed by atoms with Crippen LogP contribution < -0.4 is 5.32 Å². The van der Waals surface area contributed by atoms with Gasteiger partial charge in [-0.1, -0.05) is 0 Å². The molecule has 1 aromatic carbocycles. The van der Waals surface area contributed by atoms with Gasteiger partial charge in [0.05, 0.1) is 29.6 Å².